The van der Waals surface area contributed by atoms with Gasteiger partial charge >= 0.3 is 5.97 Å². The predicted molar refractivity (Wildman–Crippen MR) is 120 cm³/mol. The number of hydrogen-bond acceptors (Lipinski definition) is 5. The normalized spacial score (nSPS) is 33.5. The highest BCUT2D eigenvalue weighted by molar-refractivity contribution is 5.88. The van der Waals surface area contributed by atoms with Crippen LogP contribution in [0, 0.1) is 29.6 Å². The van der Waals surface area contributed by atoms with E-state index in [9.17, 15) is 9.90 Å². The molecule has 1 aliphatic heterocycles. The summed E-state index contributed by atoms with van der Waals surface area (Å²) in [5.41, 5.74) is 2.05. The van der Waals surface area contributed by atoms with Crippen molar-refractivity contribution in [3.8, 4) is 0 Å². The van der Waals surface area contributed by atoms with Crippen molar-refractivity contribution in [1.29, 1.82) is 0 Å². The topological polar surface area (TPSA) is 68.1 Å². The van der Waals surface area contributed by atoms with Crippen molar-refractivity contribution in [3.63, 3.8) is 0 Å². The van der Waals surface area contributed by atoms with Crippen molar-refractivity contribution in [3.05, 3.63) is 35.9 Å². The lowest BCUT2D eigenvalue weighted by Crippen LogP contribution is -2.36. The second-order valence-corrected chi connectivity index (χ2v) is 9.19. The molecular formula is C25H39NO4. The first-order valence-electron chi connectivity index (χ1n) is 11.4. The quantitative estimate of drug-likeness (QED) is 0.541. The van der Waals surface area contributed by atoms with E-state index in [2.05, 4.69) is 25.9 Å². The molecule has 1 heterocycles. The Morgan fingerprint density at radius 3 is 2.47 bits per heavy atom. The van der Waals surface area contributed by atoms with Crippen LogP contribution >= 0.6 is 0 Å². The lowest BCUT2D eigenvalue weighted by Gasteiger charge is -2.29. The number of rotatable bonds is 3. The Hall–Kier alpha value is -1.88. The van der Waals surface area contributed by atoms with Crippen LogP contribution in [-0.2, 0) is 21.0 Å². The van der Waals surface area contributed by atoms with E-state index in [1.54, 1.807) is 0 Å². The third-order valence-corrected chi connectivity index (χ3v) is 6.50. The minimum absolute atomic E-state index is 0.0160. The third kappa shape index (κ3) is 7.42. The van der Waals surface area contributed by atoms with E-state index < -0.39 is 6.10 Å². The van der Waals surface area contributed by atoms with Crippen molar-refractivity contribution in [2.45, 2.75) is 73.0 Å². The van der Waals surface area contributed by atoms with Gasteiger partial charge in [0.25, 0.3) is 0 Å². The van der Waals surface area contributed by atoms with Crippen molar-refractivity contribution >= 4 is 11.7 Å². The molecule has 1 saturated heterocycles. The molecule has 5 nitrogen and oxygen atoms in total. The molecule has 2 rings (SSSR count). The molecule has 0 aromatic heterocycles. The van der Waals surface area contributed by atoms with Crippen LogP contribution in [0.15, 0.2) is 35.5 Å². The minimum atomic E-state index is -0.733. The van der Waals surface area contributed by atoms with Crippen molar-refractivity contribution in [1.82, 2.24) is 0 Å². The predicted octanol–water partition coefficient (Wildman–Crippen LogP) is 5.22. The standard InChI is InChI=1S/C25H39NO4/c1-17-10-9-11-18(2)24(26-30-15-22-12-7-6-8-13-22)21(5)20(4)23(27)16-29-25(28)19(3)14-17/h6-8,12-13,17-21,23,27H,9-11,14-16H2,1-5H3/b26-24+/t17-,18-,19?,20?,21?,23?/m1/s1. The van der Waals surface area contributed by atoms with Gasteiger partial charge in [-0.1, -0.05) is 82.9 Å². The average molecular weight is 418 g/mol. The number of cyclic esters (lactones) is 1. The lowest BCUT2D eigenvalue weighted by molar-refractivity contribution is -0.152. The molecule has 1 fully saturated rings. The zero-order chi connectivity index (χ0) is 22.1. The lowest BCUT2D eigenvalue weighted by atomic mass is 9.80. The summed E-state index contributed by atoms with van der Waals surface area (Å²) in [5.74, 6) is 0.285. The number of benzene rings is 1. The maximum absolute atomic E-state index is 12.3. The van der Waals surface area contributed by atoms with Crippen LogP contribution < -0.4 is 0 Å². The van der Waals surface area contributed by atoms with Crippen molar-refractivity contribution < 1.29 is 19.5 Å². The largest absolute Gasteiger partial charge is 0.463 e. The Labute approximate surface area is 181 Å². The molecule has 0 bridgehead atoms. The molecule has 0 amide bonds. The van der Waals surface area contributed by atoms with Crippen molar-refractivity contribution in [2.24, 2.45) is 34.7 Å². The minimum Gasteiger partial charge on any atom is -0.463 e. The Morgan fingerprint density at radius 1 is 1.07 bits per heavy atom. The maximum atomic E-state index is 12.3. The van der Waals surface area contributed by atoms with Gasteiger partial charge in [-0.25, -0.2) is 0 Å². The molecule has 1 aromatic rings. The van der Waals surface area contributed by atoms with Gasteiger partial charge in [-0.15, -0.1) is 0 Å². The second-order valence-electron chi connectivity index (χ2n) is 9.19. The molecule has 30 heavy (non-hydrogen) atoms. The number of nitrogens with zero attached hydrogens (tertiary/aromatic N) is 1. The smallest absolute Gasteiger partial charge is 0.308 e. The highest BCUT2D eigenvalue weighted by Gasteiger charge is 2.30. The summed E-state index contributed by atoms with van der Waals surface area (Å²) < 4.78 is 5.42. The first-order valence-corrected chi connectivity index (χ1v) is 11.4. The van der Waals surface area contributed by atoms with Gasteiger partial charge in [0.1, 0.15) is 13.2 Å². The van der Waals surface area contributed by atoms with Gasteiger partial charge in [-0.05, 0) is 36.2 Å². The molecule has 0 saturated carbocycles. The second kappa shape index (κ2) is 12.1. The van der Waals surface area contributed by atoms with E-state index in [0.717, 1.165) is 37.0 Å². The van der Waals surface area contributed by atoms with Crippen LogP contribution in [0.2, 0.25) is 0 Å². The van der Waals surface area contributed by atoms with Gasteiger partial charge in [0.05, 0.1) is 17.7 Å². The van der Waals surface area contributed by atoms with Crippen LogP contribution in [0.4, 0.5) is 0 Å². The number of hydrogen-bond donors (Lipinski definition) is 1. The van der Waals surface area contributed by atoms with Crippen LogP contribution in [0.25, 0.3) is 0 Å². The van der Waals surface area contributed by atoms with Gasteiger partial charge < -0.3 is 14.7 Å². The monoisotopic (exact) mass is 417 g/mol. The summed E-state index contributed by atoms with van der Waals surface area (Å²) in [4.78, 5) is 18.0. The number of aliphatic hydroxyl groups excluding tert-OH is 1. The molecular weight excluding hydrogens is 378 g/mol. The van der Waals surface area contributed by atoms with Crippen LogP contribution in [0.3, 0.4) is 0 Å². The van der Waals surface area contributed by atoms with Crippen LogP contribution in [-0.4, -0.2) is 29.5 Å². The summed E-state index contributed by atoms with van der Waals surface area (Å²) in [6.45, 7) is 10.8. The first kappa shape index (κ1) is 24.4. The Morgan fingerprint density at radius 2 is 1.77 bits per heavy atom. The SMILES string of the molecule is CC1C[C@H](C)CCC[C@@H](C)/C(=N\OCc2ccccc2)C(C)C(C)C(O)COC1=O. The zero-order valence-corrected chi connectivity index (χ0v) is 19.2. The summed E-state index contributed by atoms with van der Waals surface area (Å²) >= 11 is 0. The molecule has 168 valence electrons. The van der Waals surface area contributed by atoms with Gasteiger partial charge in [-0.2, -0.15) is 0 Å². The molecule has 6 atom stereocenters. The molecule has 1 aliphatic rings. The fourth-order valence-corrected chi connectivity index (χ4v) is 4.18. The fraction of sp³-hybridized carbons (Fsp3) is 0.680. The van der Waals surface area contributed by atoms with Crippen LogP contribution in [0.1, 0.15) is 65.9 Å². The first-order chi connectivity index (χ1) is 14.3. The highest BCUT2D eigenvalue weighted by Crippen LogP contribution is 2.27. The molecule has 5 heteroatoms. The van der Waals surface area contributed by atoms with E-state index >= 15 is 0 Å². The van der Waals surface area contributed by atoms with Crippen molar-refractivity contribution in [2.75, 3.05) is 6.61 Å². The number of carbonyl (C=O) groups excluding carboxylic acids is 1. The van der Waals surface area contributed by atoms with Gasteiger partial charge in [0.2, 0.25) is 0 Å². The van der Waals surface area contributed by atoms with E-state index in [1.165, 1.54) is 0 Å². The van der Waals surface area contributed by atoms with E-state index in [0.29, 0.717) is 12.5 Å². The Bertz CT molecular complexity index is 675. The summed E-state index contributed by atoms with van der Waals surface area (Å²) in [6.07, 6.45) is 3.25. The van der Waals surface area contributed by atoms with Gasteiger partial charge in [-0.3, -0.25) is 4.79 Å². The molecule has 1 aromatic carbocycles. The van der Waals surface area contributed by atoms with Crippen LogP contribution in [0.5, 0.6) is 0 Å². The number of esters is 1. The Balaban J connectivity index is 2.14. The molecule has 4 unspecified atom stereocenters. The zero-order valence-electron chi connectivity index (χ0n) is 19.2. The molecule has 0 aliphatic carbocycles. The van der Waals surface area contributed by atoms with E-state index in [-0.39, 0.29) is 36.2 Å². The summed E-state index contributed by atoms with van der Waals surface area (Å²) in [6, 6.07) is 9.99. The summed E-state index contributed by atoms with van der Waals surface area (Å²) in [5, 5.41) is 15.2. The van der Waals surface area contributed by atoms with E-state index in [1.807, 2.05) is 44.2 Å². The highest BCUT2D eigenvalue weighted by atomic mass is 16.6. The van der Waals surface area contributed by atoms with E-state index in [4.69, 9.17) is 9.57 Å². The van der Waals surface area contributed by atoms with Gasteiger partial charge in [0, 0.05) is 5.92 Å². The average Bonchev–Trinajstić information content (AvgIpc) is 2.73. The number of oxime groups is 1. The molecule has 0 radical (unpaired) electrons. The molecule has 0 spiro atoms. The number of aliphatic hydroxyl groups is 1. The number of carbonyl (C=O) groups is 1. The third-order valence-electron chi connectivity index (χ3n) is 6.50. The molecule has 1 N–H and O–H groups in total. The van der Waals surface area contributed by atoms with Gasteiger partial charge in [0.15, 0.2) is 0 Å². The maximum Gasteiger partial charge on any atom is 0.308 e. The fourth-order valence-electron chi connectivity index (χ4n) is 4.18. The Kier molecular flexibility index (Phi) is 9.83. The number of ether oxygens (including phenoxy) is 1. The summed E-state index contributed by atoms with van der Waals surface area (Å²) in [7, 11) is 0.